The highest BCUT2D eigenvalue weighted by Crippen LogP contribution is 2.14. The molecule has 0 aliphatic rings. The van der Waals surface area contributed by atoms with E-state index in [9.17, 15) is 0 Å². The summed E-state index contributed by atoms with van der Waals surface area (Å²) >= 11 is 0. The smallest absolute Gasteiger partial charge is 0.226 e. The Kier molecular flexibility index (Phi) is 1.84. The first-order valence-corrected chi connectivity index (χ1v) is 4.04. The van der Waals surface area contributed by atoms with Crippen molar-refractivity contribution in [1.29, 1.82) is 0 Å². The Morgan fingerprint density at radius 2 is 2.23 bits per heavy atom. The predicted molar refractivity (Wildman–Crippen MR) is 43.9 cm³/mol. The van der Waals surface area contributed by atoms with Crippen LogP contribution in [0.2, 0.25) is 0 Å². The van der Waals surface area contributed by atoms with Crippen molar-refractivity contribution in [2.75, 3.05) is 0 Å². The van der Waals surface area contributed by atoms with Gasteiger partial charge in [0.1, 0.15) is 12.0 Å². The van der Waals surface area contributed by atoms with Gasteiger partial charge in [-0.25, -0.2) is 4.98 Å². The first-order chi connectivity index (χ1) is 6.29. The first-order valence-electron chi connectivity index (χ1n) is 4.04. The minimum absolute atomic E-state index is 0.480. The van der Waals surface area contributed by atoms with Crippen molar-refractivity contribution in [2.24, 2.45) is 0 Å². The lowest BCUT2D eigenvalue weighted by atomic mass is 10.4. The number of aromatic nitrogens is 3. The SMILES string of the molecule is CCc1nc(-c2coc(C)n2)no1. The van der Waals surface area contributed by atoms with E-state index in [2.05, 4.69) is 15.1 Å². The monoisotopic (exact) mass is 179 g/mol. The quantitative estimate of drug-likeness (QED) is 0.700. The van der Waals surface area contributed by atoms with Crippen molar-refractivity contribution in [3.63, 3.8) is 0 Å². The molecule has 13 heavy (non-hydrogen) atoms. The predicted octanol–water partition coefficient (Wildman–Crippen LogP) is 1.60. The Morgan fingerprint density at radius 1 is 1.38 bits per heavy atom. The number of aryl methyl sites for hydroxylation is 2. The van der Waals surface area contributed by atoms with E-state index in [0.717, 1.165) is 6.42 Å². The zero-order valence-corrected chi connectivity index (χ0v) is 7.44. The van der Waals surface area contributed by atoms with E-state index in [-0.39, 0.29) is 0 Å². The number of nitrogens with zero attached hydrogens (tertiary/aromatic N) is 3. The molecule has 0 atom stereocenters. The molecule has 5 nitrogen and oxygen atoms in total. The van der Waals surface area contributed by atoms with E-state index in [4.69, 9.17) is 8.94 Å². The first kappa shape index (κ1) is 7.97. The molecule has 0 fully saturated rings. The normalized spacial score (nSPS) is 10.6. The standard InChI is InChI=1S/C8H9N3O2/c1-3-7-10-8(11-13-7)6-4-12-5(2)9-6/h4H,3H2,1-2H3. The number of rotatable bonds is 2. The third-order valence-electron chi connectivity index (χ3n) is 1.62. The molecule has 0 amide bonds. The van der Waals surface area contributed by atoms with E-state index in [1.165, 1.54) is 6.26 Å². The van der Waals surface area contributed by atoms with E-state index in [0.29, 0.717) is 23.3 Å². The van der Waals surface area contributed by atoms with Gasteiger partial charge in [0.05, 0.1) is 0 Å². The van der Waals surface area contributed by atoms with Crippen molar-refractivity contribution in [3.8, 4) is 11.5 Å². The zero-order valence-electron chi connectivity index (χ0n) is 7.44. The summed E-state index contributed by atoms with van der Waals surface area (Å²) in [6.07, 6.45) is 2.24. The molecule has 0 spiro atoms. The summed E-state index contributed by atoms with van der Waals surface area (Å²) in [6.45, 7) is 3.72. The van der Waals surface area contributed by atoms with Gasteiger partial charge in [0.2, 0.25) is 11.7 Å². The minimum Gasteiger partial charge on any atom is -0.449 e. The summed E-state index contributed by atoms with van der Waals surface area (Å²) in [5, 5.41) is 3.76. The Balaban J connectivity index is 2.35. The van der Waals surface area contributed by atoms with Gasteiger partial charge in [-0.2, -0.15) is 4.98 Å². The van der Waals surface area contributed by atoms with Crippen LogP contribution in [0.4, 0.5) is 0 Å². The minimum atomic E-state index is 0.480. The van der Waals surface area contributed by atoms with Crippen molar-refractivity contribution < 1.29 is 8.94 Å². The van der Waals surface area contributed by atoms with E-state index in [1.807, 2.05) is 6.92 Å². The second kappa shape index (κ2) is 3.01. The number of hydrogen-bond donors (Lipinski definition) is 0. The van der Waals surface area contributed by atoms with Crippen LogP contribution in [0.5, 0.6) is 0 Å². The molecular weight excluding hydrogens is 170 g/mol. The molecule has 0 N–H and O–H groups in total. The fraction of sp³-hybridized carbons (Fsp3) is 0.375. The van der Waals surface area contributed by atoms with Gasteiger partial charge in [0, 0.05) is 13.3 Å². The average Bonchev–Trinajstić information content (AvgIpc) is 2.71. The van der Waals surface area contributed by atoms with Gasteiger partial charge in [0.15, 0.2) is 5.89 Å². The van der Waals surface area contributed by atoms with Crippen molar-refractivity contribution in [3.05, 3.63) is 18.0 Å². The summed E-state index contributed by atoms with van der Waals surface area (Å²) in [5.41, 5.74) is 0.612. The molecule has 0 aliphatic carbocycles. The largest absolute Gasteiger partial charge is 0.449 e. The van der Waals surface area contributed by atoms with Crippen LogP contribution in [0.15, 0.2) is 15.2 Å². The van der Waals surface area contributed by atoms with Crippen LogP contribution in [0, 0.1) is 6.92 Å². The molecule has 2 rings (SSSR count). The van der Waals surface area contributed by atoms with Gasteiger partial charge >= 0.3 is 0 Å². The van der Waals surface area contributed by atoms with Gasteiger partial charge in [-0.1, -0.05) is 12.1 Å². The van der Waals surface area contributed by atoms with Gasteiger partial charge < -0.3 is 8.94 Å². The molecule has 5 heteroatoms. The maximum Gasteiger partial charge on any atom is 0.226 e. The van der Waals surface area contributed by atoms with Crippen LogP contribution in [0.25, 0.3) is 11.5 Å². The Morgan fingerprint density at radius 3 is 2.77 bits per heavy atom. The lowest BCUT2D eigenvalue weighted by Gasteiger charge is -1.79. The van der Waals surface area contributed by atoms with Gasteiger partial charge in [0.25, 0.3) is 0 Å². The third kappa shape index (κ3) is 1.44. The second-order valence-electron chi connectivity index (χ2n) is 2.62. The second-order valence-corrected chi connectivity index (χ2v) is 2.62. The maximum absolute atomic E-state index is 5.03. The highest BCUT2D eigenvalue weighted by Gasteiger charge is 2.10. The van der Waals surface area contributed by atoms with Gasteiger partial charge in [-0.3, -0.25) is 0 Å². The molecule has 2 aromatic heterocycles. The average molecular weight is 179 g/mol. The molecule has 0 bridgehead atoms. The van der Waals surface area contributed by atoms with Crippen LogP contribution >= 0.6 is 0 Å². The molecule has 68 valence electrons. The number of oxazole rings is 1. The molecule has 0 saturated carbocycles. The molecule has 0 saturated heterocycles. The van der Waals surface area contributed by atoms with Crippen LogP contribution < -0.4 is 0 Å². The van der Waals surface area contributed by atoms with E-state index in [1.54, 1.807) is 6.92 Å². The van der Waals surface area contributed by atoms with Gasteiger partial charge in [-0.05, 0) is 0 Å². The molecule has 2 aromatic rings. The fourth-order valence-electron chi connectivity index (χ4n) is 0.969. The van der Waals surface area contributed by atoms with Crippen LogP contribution in [-0.2, 0) is 6.42 Å². The summed E-state index contributed by atoms with van der Waals surface area (Å²) in [4.78, 5) is 8.19. The highest BCUT2D eigenvalue weighted by molar-refractivity contribution is 5.45. The van der Waals surface area contributed by atoms with Crippen molar-refractivity contribution in [1.82, 2.24) is 15.1 Å². The summed E-state index contributed by atoms with van der Waals surface area (Å²) < 4.78 is 9.96. The van der Waals surface area contributed by atoms with Crippen molar-refractivity contribution >= 4 is 0 Å². The molecule has 0 aromatic carbocycles. The zero-order chi connectivity index (χ0) is 9.26. The lowest BCUT2D eigenvalue weighted by Crippen LogP contribution is -1.82. The van der Waals surface area contributed by atoms with Crippen molar-refractivity contribution in [2.45, 2.75) is 20.3 Å². The Bertz CT molecular complexity index is 405. The topological polar surface area (TPSA) is 65.0 Å². The highest BCUT2D eigenvalue weighted by atomic mass is 16.5. The Hall–Kier alpha value is -1.65. The molecule has 2 heterocycles. The molecule has 0 radical (unpaired) electrons. The number of hydrogen-bond acceptors (Lipinski definition) is 5. The molecule has 0 aliphatic heterocycles. The molecule has 0 unspecified atom stereocenters. The third-order valence-corrected chi connectivity index (χ3v) is 1.62. The van der Waals surface area contributed by atoms with Gasteiger partial charge in [-0.15, -0.1) is 0 Å². The summed E-state index contributed by atoms with van der Waals surface area (Å²) in [5.74, 6) is 1.68. The molecular formula is C8H9N3O2. The van der Waals surface area contributed by atoms with Crippen LogP contribution in [0.1, 0.15) is 18.7 Å². The maximum atomic E-state index is 5.03. The lowest BCUT2D eigenvalue weighted by molar-refractivity contribution is 0.382. The summed E-state index contributed by atoms with van der Waals surface area (Å²) in [7, 11) is 0. The van der Waals surface area contributed by atoms with Crippen LogP contribution in [0.3, 0.4) is 0 Å². The van der Waals surface area contributed by atoms with Crippen LogP contribution in [-0.4, -0.2) is 15.1 Å². The Labute approximate surface area is 74.8 Å². The summed E-state index contributed by atoms with van der Waals surface area (Å²) in [6, 6.07) is 0. The van der Waals surface area contributed by atoms with E-state index >= 15 is 0 Å². The fourth-order valence-corrected chi connectivity index (χ4v) is 0.969. The van der Waals surface area contributed by atoms with E-state index < -0.39 is 0 Å².